The Balaban J connectivity index is 1.68. The van der Waals surface area contributed by atoms with E-state index in [0.717, 1.165) is 19.6 Å². The van der Waals surface area contributed by atoms with E-state index in [1.54, 1.807) is 40.6 Å². The van der Waals surface area contributed by atoms with Crippen molar-refractivity contribution >= 4 is 23.0 Å². The van der Waals surface area contributed by atoms with Crippen molar-refractivity contribution in [1.82, 2.24) is 9.80 Å². The van der Waals surface area contributed by atoms with Crippen molar-refractivity contribution < 1.29 is 28.9 Å². The number of morpholine rings is 1. The molecular weight excluding hydrogens is 444 g/mol. The van der Waals surface area contributed by atoms with Crippen LogP contribution in [-0.4, -0.2) is 80.2 Å². The van der Waals surface area contributed by atoms with E-state index in [9.17, 15) is 14.7 Å². The number of hydrogen-bond donors (Lipinski definition) is 1. The van der Waals surface area contributed by atoms with E-state index in [1.165, 1.54) is 25.6 Å². The molecule has 2 aliphatic heterocycles. The van der Waals surface area contributed by atoms with Gasteiger partial charge in [-0.25, -0.2) is 0 Å². The smallest absolute Gasteiger partial charge is 0.290 e. The number of carbonyl (C=O) groups is 2. The summed E-state index contributed by atoms with van der Waals surface area (Å²) in [6.45, 7) is 4.29. The van der Waals surface area contributed by atoms with Gasteiger partial charge in [0.2, 0.25) is 5.78 Å². The van der Waals surface area contributed by atoms with E-state index >= 15 is 0 Å². The van der Waals surface area contributed by atoms with E-state index in [-0.39, 0.29) is 11.4 Å². The van der Waals surface area contributed by atoms with Crippen LogP contribution in [-0.2, 0) is 9.53 Å². The number of methoxy groups -OCH3 is 2. The van der Waals surface area contributed by atoms with Gasteiger partial charge in [0, 0.05) is 31.7 Å². The molecule has 1 N–H and O–H groups in total. The minimum Gasteiger partial charge on any atom is -0.503 e. The van der Waals surface area contributed by atoms with Crippen LogP contribution in [0.3, 0.4) is 0 Å². The largest absolute Gasteiger partial charge is 0.503 e. The number of benzene rings is 1. The molecule has 176 valence electrons. The van der Waals surface area contributed by atoms with Gasteiger partial charge in [0.05, 0.1) is 43.9 Å². The molecule has 1 saturated heterocycles. The molecule has 0 aliphatic carbocycles. The molecular formula is C24H28N2O6S. The van der Waals surface area contributed by atoms with Gasteiger partial charge in [0.15, 0.2) is 17.3 Å². The van der Waals surface area contributed by atoms with E-state index in [4.69, 9.17) is 14.2 Å². The fraction of sp³-hybridized carbons (Fsp3) is 0.417. The highest BCUT2D eigenvalue weighted by Gasteiger charge is 2.45. The summed E-state index contributed by atoms with van der Waals surface area (Å²) in [5.74, 6) is -0.491. The number of carbonyl (C=O) groups excluding carboxylic acids is 2. The van der Waals surface area contributed by atoms with Gasteiger partial charge in [-0.15, -0.1) is 11.3 Å². The van der Waals surface area contributed by atoms with Crippen LogP contribution >= 0.6 is 11.3 Å². The summed E-state index contributed by atoms with van der Waals surface area (Å²) in [7, 11) is 3.05. The number of ether oxygens (including phenoxy) is 3. The van der Waals surface area contributed by atoms with Crippen LogP contribution in [0.4, 0.5) is 0 Å². The lowest BCUT2D eigenvalue weighted by Crippen LogP contribution is -2.39. The van der Waals surface area contributed by atoms with Crippen LogP contribution in [0.5, 0.6) is 11.5 Å². The van der Waals surface area contributed by atoms with Crippen molar-refractivity contribution in [3.8, 4) is 11.5 Å². The molecule has 1 aromatic carbocycles. The molecule has 3 heterocycles. The third-order valence-corrected chi connectivity index (χ3v) is 6.87. The Kier molecular flexibility index (Phi) is 7.32. The van der Waals surface area contributed by atoms with Crippen molar-refractivity contribution in [3.05, 3.63) is 57.5 Å². The second kappa shape index (κ2) is 10.4. The number of para-hydroxylation sites is 1. The predicted molar refractivity (Wildman–Crippen MR) is 124 cm³/mol. The number of aliphatic hydroxyl groups is 1. The molecule has 4 rings (SSSR count). The molecule has 0 unspecified atom stereocenters. The fourth-order valence-electron chi connectivity index (χ4n) is 4.40. The molecule has 0 spiro atoms. The number of thiophene rings is 1. The molecule has 1 fully saturated rings. The van der Waals surface area contributed by atoms with Crippen molar-refractivity contribution in [1.29, 1.82) is 0 Å². The van der Waals surface area contributed by atoms with Crippen molar-refractivity contribution in [2.24, 2.45) is 0 Å². The quantitative estimate of drug-likeness (QED) is 0.561. The van der Waals surface area contributed by atoms with Crippen LogP contribution in [0.25, 0.3) is 0 Å². The van der Waals surface area contributed by atoms with Crippen molar-refractivity contribution in [2.45, 2.75) is 12.5 Å². The van der Waals surface area contributed by atoms with E-state index in [1.807, 2.05) is 0 Å². The molecule has 0 radical (unpaired) electrons. The second-order valence-corrected chi connectivity index (χ2v) is 8.81. The summed E-state index contributed by atoms with van der Waals surface area (Å²) < 4.78 is 16.5. The number of hydrogen-bond acceptors (Lipinski definition) is 8. The zero-order valence-electron chi connectivity index (χ0n) is 18.8. The highest BCUT2D eigenvalue weighted by Crippen LogP contribution is 2.45. The van der Waals surface area contributed by atoms with E-state index in [2.05, 4.69) is 4.90 Å². The molecule has 2 aliphatic rings. The zero-order chi connectivity index (χ0) is 23.4. The first kappa shape index (κ1) is 23.3. The molecule has 1 amide bonds. The standard InChI is InChI=1S/C24H28N2O6S/c1-30-17-7-3-6-16(23(17)31-2)20-19(21(27)18-8-4-15-33-18)22(28)24(29)26(20)10-5-9-25-11-13-32-14-12-25/h3-4,6-8,15,20,28H,5,9-14H2,1-2H3/t20-/m0/s1. The second-order valence-electron chi connectivity index (χ2n) is 7.86. The molecule has 0 saturated carbocycles. The Labute approximate surface area is 197 Å². The molecule has 1 atom stereocenters. The highest BCUT2D eigenvalue weighted by molar-refractivity contribution is 7.12. The maximum atomic E-state index is 13.4. The van der Waals surface area contributed by atoms with Crippen molar-refractivity contribution in [3.63, 3.8) is 0 Å². The molecule has 0 bridgehead atoms. The number of rotatable bonds is 9. The van der Waals surface area contributed by atoms with Crippen LogP contribution in [0.2, 0.25) is 0 Å². The van der Waals surface area contributed by atoms with Crippen LogP contribution in [0.15, 0.2) is 47.0 Å². The molecule has 2 aromatic rings. The summed E-state index contributed by atoms with van der Waals surface area (Å²) >= 11 is 1.27. The van der Waals surface area contributed by atoms with Gasteiger partial charge < -0.3 is 24.2 Å². The van der Waals surface area contributed by atoms with Gasteiger partial charge in [-0.05, 0) is 23.9 Å². The maximum Gasteiger partial charge on any atom is 0.290 e. The van der Waals surface area contributed by atoms with Gasteiger partial charge in [-0.1, -0.05) is 18.2 Å². The first-order chi connectivity index (χ1) is 16.1. The topological polar surface area (TPSA) is 88.5 Å². The molecule has 33 heavy (non-hydrogen) atoms. The first-order valence-electron chi connectivity index (χ1n) is 10.9. The summed E-state index contributed by atoms with van der Waals surface area (Å²) in [6.07, 6.45) is 0.697. The lowest BCUT2D eigenvalue weighted by Gasteiger charge is -2.30. The van der Waals surface area contributed by atoms with E-state index in [0.29, 0.717) is 48.1 Å². The summed E-state index contributed by atoms with van der Waals surface area (Å²) in [5, 5.41) is 12.6. The number of Topliss-reactive ketones (excluding diaryl/α,β-unsaturated/α-hetero) is 1. The Morgan fingerprint density at radius 3 is 2.61 bits per heavy atom. The number of ketones is 1. The Morgan fingerprint density at radius 2 is 1.94 bits per heavy atom. The first-order valence-corrected chi connectivity index (χ1v) is 11.8. The average molecular weight is 473 g/mol. The zero-order valence-corrected chi connectivity index (χ0v) is 19.6. The lowest BCUT2D eigenvalue weighted by molar-refractivity contribution is -0.129. The van der Waals surface area contributed by atoms with Gasteiger partial charge >= 0.3 is 0 Å². The number of aliphatic hydroxyl groups excluding tert-OH is 1. The minimum absolute atomic E-state index is 0.0698. The van der Waals surface area contributed by atoms with Crippen LogP contribution in [0.1, 0.15) is 27.7 Å². The number of amides is 1. The maximum absolute atomic E-state index is 13.4. The Morgan fingerprint density at radius 1 is 1.15 bits per heavy atom. The SMILES string of the molecule is COc1cccc([C@H]2C(C(=O)c3cccs3)=C(O)C(=O)N2CCCN2CCOCC2)c1OC. The normalized spacial score (nSPS) is 19.3. The number of nitrogens with zero attached hydrogens (tertiary/aromatic N) is 2. The van der Waals surface area contributed by atoms with Gasteiger partial charge in [0.1, 0.15) is 0 Å². The summed E-state index contributed by atoms with van der Waals surface area (Å²) in [6, 6.07) is 8.03. The molecule has 1 aromatic heterocycles. The third-order valence-electron chi connectivity index (χ3n) is 6.00. The van der Waals surface area contributed by atoms with Crippen LogP contribution < -0.4 is 9.47 Å². The fourth-order valence-corrected chi connectivity index (χ4v) is 5.07. The van der Waals surface area contributed by atoms with Crippen LogP contribution in [0, 0.1) is 0 Å². The van der Waals surface area contributed by atoms with Crippen molar-refractivity contribution in [2.75, 3.05) is 53.6 Å². The monoisotopic (exact) mass is 472 g/mol. The van der Waals surface area contributed by atoms with Gasteiger partial charge in [0.25, 0.3) is 5.91 Å². The summed E-state index contributed by atoms with van der Waals surface area (Å²) in [5.41, 5.74) is 0.668. The Hall–Kier alpha value is -2.88. The Bertz CT molecular complexity index is 1030. The minimum atomic E-state index is -0.776. The molecule has 8 nitrogen and oxygen atoms in total. The third kappa shape index (κ3) is 4.62. The lowest BCUT2D eigenvalue weighted by atomic mass is 9.94. The summed E-state index contributed by atoms with van der Waals surface area (Å²) in [4.78, 5) is 30.9. The van der Waals surface area contributed by atoms with E-state index < -0.39 is 17.7 Å². The van der Waals surface area contributed by atoms with Gasteiger partial charge in [-0.3, -0.25) is 14.5 Å². The highest BCUT2D eigenvalue weighted by atomic mass is 32.1. The average Bonchev–Trinajstić information content (AvgIpc) is 3.47. The predicted octanol–water partition coefficient (Wildman–Crippen LogP) is 3.07. The molecule has 9 heteroatoms. The van der Waals surface area contributed by atoms with Gasteiger partial charge in [-0.2, -0.15) is 0 Å².